The van der Waals surface area contributed by atoms with E-state index in [0.29, 0.717) is 0 Å². The molecule has 0 atom stereocenters. The average molecular weight is 577 g/mol. The van der Waals surface area contributed by atoms with E-state index in [1.807, 2.05) is 6.07 Å². The van der Waals surface area contributed by atoms with E-state index in [2.05, 4.69) is 180 Å². The molecule has 2 heterocycles. The molecule has 0 bridgehead atoms. The highest BCUT2D eigenvalue weighted by molar-refractivity contribution is 6.12. The number of allylic oxidation sites excluding steroid dienone is 5. The van der Waals surface area contributed by atoms with Crippen LogP contribution in [0.25, 0.3) is 66.1 Å². The number of aromatic nitrogens is 2. The number of hydrogen-bond acceptors (Lipinski definition) is 0. The van der Waals surface area contributed by atoms with E-state index < -0.39 is 0 Å². The van der Waals surface area contributed by atoms with Gasteiger partial charge in [-0.15, -0.1) is 0 Å². The molecule has 8 aromatic rings. The highest BCUT2D eigenvalue weighted by Gasteiger charge is 2.16. The van der Waals surface area contributed by atoms with Crippen LogP contribution in [0.3, 0.4) is 0 Å². The molecule has 0 fully saturated rings. The Bertz CT molecular complexity index is 2390. The zero-order valence-electron chi connectivity index (χ0n) is 25.2. The quantitative estimate of drug-likeness (QED) is 0.174. The van der Waals surface area contributed by atoms with Crippen LogP contribution < -0.4 is 0 Å². The summed E-state index contributed by atoms with van der Waals surface area (Å²) in [4.78, 5) is 0. The second kappa shape index (κ2) is 11.0. The molecule has 0 radical (unpaired) electrons. The van der Waals surface area contributed by atoms with Crippen LogP contribution in [0.2, 0.25) is 0 Å². The Hall–Kier alpha value is -5.86. The summed E-state index contributed by atoms with van der Waals surface area (Å²) in [6.07, 6.45) is 6.41. The predicted octanol–water partition coefficient (Wildman–Crippen LogP) is 11.6. The highest BCUT2D eigenvalue weighted by Crippen LogP contribution is 2.37. The predicted molar refractivity (Wildman–Crippen MR) is 193 cm³/mol. The fourth-order valence-corrected chi connectivity index (χ4v) is 6.73. The topological polar surface area (TPSA) is 9.86 Å². The van der Waals surface area contributed by atoms with Gasteiger partial charge in [0.25, 0.3) is 0 Å². The largest absolute Gasteiger partial charge is 0.309 e. The van der Waals surface area contributed by atoms with Gasteiger partial charge in [0.05, 0.1) is 22.1 Å². The van der Waals surface area contributed by atoms with Crippen molar-refractivity contribution < 1.29 is 0 Å². The van der Waals surface area contributed by atoms with Gasteiger partial charge in [-0.25, -0.2) is 0 Å². The van der Waals surface area contributed by atoms with E-state index in [4.69, 9.17) is 0 Å². The molecular weight excluding hydrogens is 544 g/mol. The van der Waals surface area contributed by atoms with Crippen molar-refractivity contribution >= 4 is 54.8 Å². The summed E-state index contributed by atoms with van der Waals surface area (Å²) in [6, 6.07) is 52.2. The zero-order chi connectivity index (χ0) is 30.3. The molecule has 8 rings (SSSR count). The summed E-state index contributed by atoms with van der Waals surface area (Å²) in [5.74, 6) is 0. The first-order valence-electron chi connectivity index (χ1n) is 15.4. The van der Waals surface area contributed by atoms with E-state index in [0.717, 1.165) is 28.1 Å². The molecule has 0 spiro atoms. The average Bonchev–Trinajstić information content (AvgIpc) is 3.61. The SMILES string of the molecule is C=C(/C=C(\C=C/C)c1ccccc1)c1cccc(-n2c3ccccc3c3ccc(-n4c5ccccc5c5ccccc54)cc32)c1. The molecule has 214 valence electrons. The molecule has 0 saturated carbocycles. The van der Waals surface area contributed by atoms with Crippen LogP contribution in [-0.4, -0.2) is 9.13 Å². The molecule has 6 aromatic carbocycles. The van der Waals surface area contributed by atoms with Crippen LogP contribution >= 0.6 is 0 Å². The molecule has 0 aliphatic rings. The summed E-state index contributed by atoms with van der Waals surface area (Å²) in [6.45, 7) is 6.55. The Morgan fingerprint density at radius 1 is 0.489 bits per heavy atom. The van der Waals surface area contributed by atoms with Crippen molar-refractivity contribution in [1.82, 2.24) is 9.13 Å². The first-order chi connectivity index (χ1) is 22.2. The molecule has 0 unspecified atom stereocenters. The summed E-state index contributed by atoms with van der Waals surface area (Å²) in [5.41, 5.74) is 11.4. The Morgan fingerprint density at radius 3 is 1.62 bits per heavy atom. The van der Waals surface area contributed by atoms with E-state index >= 15 is 0 Å². The van der Waals surface area contributed by atoms with E-state index in [9.17, 15) is 0 Å². The van der Waals surface area contributed by atoms with Crippen LogP contribution in [0.15, 0.2) is 170 Å². The third-order valence-corrected chi connectivity index (χ3v) is 8.75. The Morgan fingerprint density at radius 2 is 1.00 bits per heavy atom. The van der Waals surface area contributed by atoms with Crippen molar-refractivity contribution in [3.63, 3.8) is 0 Å². The van der Waals surface area contributed by atoms with Gasteiger partial charge in [-0.3, -0.25) is 0 Å². The lowest BCUT2D eigenvalue weighted by Gasteiger charge is -2.13. The second-order valence-corrected chi connectivity index (χ2v) is 11.5. The number of para-hydroxylation sites is 3. The lowest BCUT2D eigenvalue weighted by atomic mass is 9.99. The maximum Gasteiger partial charge on any atom is 0.0561 e. The molecule has 0 aliphatic heterocycles. The molecule has 2 heteroatoms. The molecule has 0 amide bonds. The van der Waals surface area contributed by atoms with Gasteiger partial charge in [0.2, 0.25) is 0 Å². The van der Waals surface area contributed by atoms with E-state index in [-0.39, 0.29) is 0 Å². The van der Waals surface area contributed by atoms with Crippen LogP contribution in [0.5, 0.6) is 0 Å². The van der Waals surface area contributed by atoms with E-state index in [1.54, 1.807) is 0 Å². The second-order valence-electron chi connectivity index (χ2n) is 11.5. The van der Waals surface area contributed by atoms with Gasteiger partial charge in [-0.1, -0.05) is 122 Å². The van der Waals surface area contributed by atoms with Crippen LogP contribution in [0.1, 0.15) is 18.1 Å². The summed E-state index contributed by atoms with van der Waals surface area (Å²) < 4.78 is 4.79. The molecule has 2 nitrogen and oxygen atoms in total. The maximum atomic E-state index is 4.50. The zero-order valence-corrected chi connectivity index (χ0v) is 25.2. The number of nitrogens with zero attached hydrogens (tertiary/aromatic N) is 2. The Kier molecular flexibility index (Phi) is 6.54. The summed E-state index contributed by atoms with van der Waals surface area (Å²) in [5, 5.41) is 5.00. The van der Waals surface area contributed by atoms with Gasteiger partial charge in [0.15, 0.2) is 0 Å². The maximum absolute atomic E-state index is 4.50. The highest BCUT2D eigenvalue weighted by atomic mass is 15.0. The molecular formula is C43H32N2. The minimum absolute atomic E-state index is 0.973. The van der Waals surface area contributed by atoms with Gasteiger partial charge in [0.1, 0.15) is 0 Å². The number of fused-ring (bicyclic) bond motifs is 6. The third kappa shape index (κ3) is 4.51. The smallest absolute Gasteiger partial charge is 0.0561 e. The first kappa shape index (κ1) is 26.7. The van der Waals surface area contributed by atoms with Gasteiger partial charge in [0, 0.05) is 32.9 Å². The van der Waals surface area contributed by atoms with Crippen molar-refractivity contribution in [2.75, 3.05) is 0 Å². The van der Waals surface area contributed by atoms with Crippen molar-refractivity contribution in [2.45, 2.75) is 6.92 Å². The fourth-order valence-electron chi connectivity index (χ4n) is 6.73. The normalized spacial score (nSPS) is 12.2. The monoisotopic (exact) mass is 576 g/mol. The molecule has 0 aliphatic carbocycles. The Labute approximate surface area is 263 Å². The van der Waals surface area contributed by atoms with Crippen molar-refractivity contribution in [1.29, 1.82) is 0 Å². The van der Waals surface area contributed by atoms with Crippen molar-refractivity contribution in [3.8, 4) is 11.4 Å². The number of benzene rings is 6. The lowest BCUT2D eigenvalue weighted by Crippen LogP contribution is -1.97. The number of rotatable bonds is 6. The van der Waals surface area contributed by atoms with Gasteiger partial charge < -0.3 is 9.13 Å². The lowest BCUT2D eigenvalue weighted by molar-refractivity contribution is 1.15. The van der Waals surface area contributed by atoms with Crippen molar-refractivity contribution in [2.24, 2.45) is 0 Å². The molecule has 0 saturated heterocycles. The van der Waals surface area contributed by atoms with E-state index in [1.165, 1.54) is 49.2 Å². The first-order valence-corrected chi connectivity index (χ1v) is 15.4. The van der Waals surface area contributed by atoms with Crippen LogP contribution in [-0.2, 0) is 0 Å². The van der Waals surface area contributed by atoms with Gasteiger partial charge in [-0.05, 0) is 77.7 Å². The Balaban J connectivity index is 1.32. The standard InChI is InChI=1S/C43H32N2/c1-3-14-33(31-15-5-4-6-16-31)27-30(2)32-17-13-18-34(28-32)45-42-24-12-9-21-38(42)39-26-25-35(29-43(39)45)44-40-22-10-7-19-36(40)37-20-8-11-23-41(37)44/h3-29H,2H2,1H3/b14-3-,33-27+. The summed E-state index contributed by atoms with van der Waals surface area (Å²) >= 11 is 0. The molecule has 45 heavy (non-hydrogen) atoms. The minimum Gasteiger partial charge on any atom is -0.309 e. The third-order valence-electron chi connectivity index (χ3n) is 8.75. The number of hydrogen-bond donors (Lipinski definition) is 0. The van der Waals surface area contributed by atoms with Gasteiger partial charge in [-0.2, -0.15) is 0 Å². The molecule has 2 aromatic heterocycles. The van der Waals surface area contributed by atoms with Crippen molar-refractivity contribution in [3.05, 3.63) is 182 Å². The van der Waals surface area contributed by atoms with Crippen LogP contribution in [0, 0.1) is 0 Å². The van der Waals surface area contributed by atoms with Crippen LogP contribution in [0.4, 0.5) is 0 Å². The summed E-state index contributed by atoms with van der Waals surface area (Å²) in [7, 11) is 0. The fraction of sp³-hybridized carbons (Fsp3) is 0.0233. The minimum atomic E-state index is 0.973. The van der Waals surface area contributed by atoms with Gasteiger partial charge >= 0.3 is 0 Å². The molecule has 0 N–H and O–H groups in total.